The zero-order chi connectivity index (χ0) is 11.0. The molecule has 0 aromatic heterocycles. The Morgan fingerprint density at radius 1 is 1.14 bits per heavy atom. The summed E-state index contributed by atoms with van der Waals surface area (Å²) < 4.78 is 0. The Kier molecular flexibility index (Phi) is 7.18. The fraction of sp³-hybridized carbons (Fsp3) is 0.571. The van der Waals surface area contributed by atoms with Crippen LogP contribution in [0.5, 0.6) is 0 Å². The summed E-state index contributed by atoms with van der Waals surface area (Å²) in [5.74, 6) is 0. The largest absolute Gasteiger partial charge is 0.103 e. The van der Waals surface area contributed by atoms with E-state index in [1.165, 1.54) is 24.8 Å². The van der Waals surface area contributed by atoms with Gasteiger partial charge < -0.3 is 0 Å². The number of hydrogen-bond acceptors (Lipinski definition) is 0. The van der Waals surface area contributed by atoms with E-state index in [-0.39, 0.29) is 0 Å². The molecule has 14 heavy (non-hydrogen) atoms. The first-order chi connectivity index (χ1) is 6.65. The van der Waals surface area contributed by atoms with E-state index in [0.29, 0.717) is 0 Å². The summed E-state index contributed by atoms with van der Waals surface area (Å²) in [5, 5.41) is 0. The van der Waals surface area contributed by atoms with Gasteiger partial charge in [-0.2, -0.15) is 0 Å². The summed E-state index contributed by atoms with van der Waals surface area (Å²) in [6.45, 7) is 12.6. The monoisotopic (exact) mass is 192 g/mol. The van der Waals surface area contributed by atoms with Crippen LogP contribution in [0.2, 0.25) is 0 Å². The van der Waals surface area contributed by atoms with E-state index in [2.05, 4.69) is 40.3 Å². The van der Waals surface area contributed by atoms with Crippen LogP contribution in [-0.4, -0.2) is 0 Å². The Morgan fingerprint density at radius 2 is 1.79 bits per heavy atom. The van der Waals surface area contributed by atoms with Gasteiger partial charge in [-0.05, 0) is 46.5 Å². The SMILES string of the molecule is C=CCC(=CC)CCC(C)=C(C)CC. The first kappa shape index (κ1) is 13.2. The summed E-state index contributed by atoms with van der Waals surface area (Å²) in [6.07, 6.45) is 8.81. The highest BCUT2D eigenvalue weighted by atomic mass is 14.0. The Labute approximate surface area is 89.4 Å². The standard InChI is InChI=1S/C14H24/c1-6-9-14(8-3)11-10-13(5)12(4)7-2/h6,8H,1,7,9-11H2,2-5H3. The van der Waals surface area contributed by atoms with Crippen molar-refractivity contribution in [1.29, 1.82) is 0 Å². The lowest BCUT2D eigenvalue weighted by atomic mass is 9.99. The third-order valence-electron chi connectivity index (χ3n) is 2.89. The lowest BCUT2D eigenvalue weighted by Crippen LogP contribution is -1.87. The molecule has 0 fully saturated rings. The van der Waals surface area contributed by atoms with Gasteiger partial charge >= 0.3 is 0 Å². The van der Waals surface area contributed by atoms with Gasteiger partial charge in [-0.1, -0.05) is 35.8 Å². The highest BCUT2D eigenvalue weighted by Crippen LogP contribution is 2.18. The van der Waals surface area contributed by atoms with E-state index in [4.69, 9.17) is 0 Å². The molecule has 0 bridgehead atoms. The molecule has 0 radical (unpaired) electrons. The zero-order valence-corrected chi connectivity index (χ0v) is 10.2. The Bertz CT molecular complexity index is 228. The minimum atomic E-state index is 1.04. The van der Waals surface area contributed by atoms with Gasteiger partial charge in [0.05, 0.1) is 0 Å². The zero-order valence-electron chi connectivity index (χ0n) is 10.2. The lowest BCUT2D eigenvalue weighted by Gasteiger charge is -2.07. The molecule has 0 spiro atoms. The third kappa shape index (κ3) is 5.06. The quantitative estimate of drug-likeness (QED) is 0.517. The molecule has 0 aromatic carbocycles. The van der Waals surface area contributed by atoms with Crippen LogP contribution in [0.15, 0.2) is 35.5 Å². The topological polar surface area (TPSA) is 0 Å². The van der Waals surface area contributed by atoms with E-state index in [9.17, 15) is 0 Å². The molecular weight excluding hydrogens is 168 g/mol. The first-order valence-electron chi connectivity index (χ1n) is 5.55. The average molecular weight is 192 g/mol. The average Bonchev–Trinajstić information content (AvgIpc) is 2.22. The molecule has 0 rings (SSSR count). The van der Waals surface area contributed by atoms with E-state index < -0.39 is 0 Å². The maximum absolute atomic E-state index is 3.77. The Balaban J connectivity index is 4.10. The molecule has 0 heterocycles. The second-order valence-electron chi connectivity index (χ2n) is 3.85. The summed E-state index contributed by atoms with van der Waals surface area (Å²) in [4.78, 5) is 0. The third-order valence-corrected chi connectivity index (χ3v) is 2.89. The molecule has 0 aliphatic carbocycles. The predicted octanol–water partition coefficient (Wildman–Crippen LogP) is 5.04. The van der Waals surface area contributed by atoms with Crippen molar-refractivity contribution in [2.45, 2.75) is 53.4 Å². The van der Waals surface area contributed by atoms with Crippen molar-refractivity contribution in [3.05, 3.63) is 35.5 Å². The molecule has 0 atom stereocenters. The van der Waals surface area contributed by atoms with Crippen molar-refractivity contribution in [3.63, 3.8) is 0 Å². The van der Waals surface area contributed by atoms with Crippen LogP contribution in [0, 0.1) is 0 Å². The predicted molar refractivity (Wildman–Crippen MR) is 66.5 cm³/mol. The van der Waals surface area contributed by atoms with Crippen LogP contribution in [-0.2, 0) is 0 Å². The van der Waals surface area contributed by atoms with Gasteiger partial charge in [0.25, 0.3) is 0 Å². The summed E-state index contributed by atoms with van der Waals surface area (Å²) >= 11 is 0. The Hall–Kier alpha value is -0.780. The fourth-order valence-electron chi connectivity index (χ4n) is 1.41. The number of allylic oxidation sites excluding steroid dienone is 5. The second kappa shape index (κ2) is 7.61. The maximum Gasteiger partial charge on any atom is -0.0142 e. The number of rotatable bonds is 6. The summed E-state index contributed by atoms with van der Waals surface area (Å²) in [5.41, 5.74) is 4.60. The molecule has 0 nitrogen and oxygen atoms in total. The minimum Gasteiger partial charge on any atom is -0.103 e. The van der Waals surface area contributed by atoms with Crippen molar-refractivity contribution in [1.82, 2.24) is 0 Å². The van der Waals surface area contributed by atoms with E-state index >= 15 is 0 Å². The minimum absolute atomic E-state index is 1.04. The normalized spacial score (nSPS) is 13.9. The molecule has 0 aromatic rings. The smallest absolute Gasteiger partial charge is 0.0142 e. The molecule has 0 aliphatic heterocycles. The summed E-state index contributed by atoms with van der Waals surface area (Å²) in [6, 6.07) is 0. The van der Waals surface area contributed by atoms with Gasteiger partial charge in [-0.3, -0.25) is 0 Å². The van der Waals surface area contributed by atoms with Gasteiger partial charge in [0.15, 0.2) is 0 Å². The van der Waals surface area contributed by atoms with Crippen LogP contribution in [0.25, 0.3) is 0 Å². The molecule has 0 amide bonds. The van der Waals surface area contributed by atoms with Gasteiger partial charge in [0.1, 0.15) is 0 Å². The fourth-order valence-corrected chi connectivity index (χ4v) is 1.41. The van der Waals surface area contributed by atoms with Crippen molar-refractivity contribution >= 4 is 0 Å². The van der Waals surface area contributed by atoms with Gasteiger partial charge in [0.2, 0.25) is 0 Å². The molecule has 0 N–H and O–H groups in total. The van der Waals surface area contributed by atoms with Gasteiger partial charge in [-0.25, -0.2) is 0 Å². The molecule has 0 heteroatoms. The molecule has 80 valence electrons. The number of hydrogen-bond donors (Lipinski definition) is 0. The van der Waals surface area contributed by atoms with Crippen molar-refractivity contribution in [3.8, 4) is 0 Å². The van der Waals surface area contributed by atoms with Crippen molar-refractivity contribution < 1.29 is 0 Å². The first-order valence-corrected chi connectivity index (χ1v) is 5.55. The molecule has 0 aliphatic rings. The lowest BCUT2D eigenvalue weighted by molar-refractivity contribution is 0.868. The van der Waals surface area contributed by atoms with Crippen LogP contribution in [0.1, 0.15) is 53.4 Å². The highest BCUT2D eigenvalue weighted by molar-refractivity contribution is 5.13. The molecule has 0 saturated heterocycles. The molecule has 0 saturated carbocycles. The Morgan fingerprint density at radius 3 is 2.21 bits per heavy atom. The van der Waals surface area contributed by atoms with E-state index in [1.54, 1.807) is 11.1 Å². The summed E-state index contributed by atoms with van der Waals surface area (Å²) in [7, 11) is 0. The molecule has 0 unspecified atom stereocenters. The van der Waals surface area contributed by atoms with Crippen molar-refractivity contribution in [2.75, 3.05) is 0 Å². The maximum atomic E-state index is 3.77. The highest BCUT2D eigenvalue weighted by Gasteiger charge is 1.98. The van der Waals surface area contributed by atoms with E-state index in [0.717, 1.165) is 6.42 Å². The van der Waals surface area contributed by atoms with Crippen LogP contribution >= 0.6 is 0 Å². The van der Waals surface area contributed by atoms with Crippen LogP contribution in [0.3, 0.4) is 0 Å². The van der Waals surface area contributed by atoms with E-state index in [1.807, 2.05) is 6.08 Å². The second-order valence-corrected chi connectivity index (χ2v) is 3.85. The van der Waals surface area contributed by atoms with Gasteiger partial charge in [0, 0.05) is 0 Å². The van der Waals surface area contributed by atoms with Crippen LogP contribution < -0.4 is 0 Å². The van der Waals surface area contributed by atoms with Crippen LogP contribution in [0.4, 0.5) is 0 Å². The molecular formula is C14H24. The van der Waals surface area contributed by atoms with Gasteiger partial charge in [-0.15, -0.1) is 6.58 Å². The van der Waals surface area contributed by atoms with Crippen molar-refractivity contribution in [2.24, 2.45) is 0 Å².